The third kappa shape index (κ3) is 5.58. The Kier molecular flexibility index (Phi) is 7.19. The van der Waals surface area contributed by atoms with Gasteiger partial charge in [0.15, 0.2) is 11.5 Å². The number of carbonyl (C=O) groups is 1. The molecule has 0 radical (unpaired) electrons. The fourth-order valence-electron chi connectivity index (χ4n) is 2.79. The molecule has 3 rings (SSSR count). The topological polar surface area (TPSA) is 46.3 Å². The summed E-state index contributed by atoms with van der Waals surface area (Å²) in [5.41, 5.74) is 1.82. The average Bonchev–Trinajstić information content (AvgIpc) is 3.07. The standard InChI is InChI=1S/C12H19NO.C10H11NO/c1-10(2)12(14)13(3)9-11-7-5-4-6-8-11;1-7(2)10-11-8-5-3-4-6-9(8)12-10/h4-7,10-11H,8-9H2,1-3H3;3-7H,1-2H3. The number of amides is 1. The molecule has 0 saturated carbocycles. The lowest BCUT2D eigenvalue weighted by molar-refractivity contribution is -0.133. The first-order chi connectivity index (χ1) is 12.4. The smallest absolute Gasteiger partial charge is 0.224 e. The van der Waals surface area contributed by atoms with Crippen LogP contribution in [0.2, 0.25) is 0 Å². The highest BCUT2D eigenvalue weighted by Gasteiger charge is 2.16. The Morgan fingerprint density at radius 3 is 2.54 bits per heavy atom. The lowest BCUT2D eigenvalue weighted by Gasteiger charge is -2.23. The Bertz CT molecular complexity index is 738. The lowest BCUT2D eigenvalue weighted by atomic mass is 10.00. The number of nitrogens with zero attached hydrogens (tertiary/aromatic N) is 2. The largest absolute Gasteiger partial charge is 0.440 e. The van der Waals surface area contributed by atoms with Crippen LogP contribution in [-0.2, 0) is 4.79 Å². The number of carbonyl (C=O) groups excluding carboxylic acids is 1. The van der Waals surface area contributed by atoms with E-state index in [9.17, 15) is 4.79 Å². The molecule has 1 atom stereocenters. The van der Waals surface area contributed by atoms with E-state index in [-0.39, 0.29) is 11.8 Å². The Hall–Kier alpha value is -2.36. The summed E-state index contributed by atoms with van der Waals surface area (Å²) in [7, 11) is 1.88. The molecule has 26 heavy (non-hydrogen) atoms. The van der Waals surface area contributed by atoms with E-state index in [1.807, 2.05) is 50.1 Å². The molecule has 1 unspecified atom stereocenters. The predicted octanol–water partition coefficient (Wildman–Crippen LogP) is 5.18. The van der Waals surface area contributed by atoms with Crippen molar-refractivity contribution in [2.45, 2.75) is 40.0 Å². The van der Waals surface area contributed by atoms with Crippen LogP contribution in [-0.4, -0.2) is 29.4 Å². The number of hydrogen-bond donors (Lipinski definition) is 0. The van der Waals surface area contributed by atoms with Gasteiger partial charge in [0.05, 0.1) is 0 Å². The van der Waals surface area contributed by atoms with Crippen LogP contribution in [0.5, 0.6) is 0 Å². The van der Waals surface area contributed by atoms with Gasteiger partial charge < -0.3 is 9.32 Å². The number of aromatic nitrogens is 1. The van der Waals surface area contributed by atoms with E-state index in [0.717, 1.165) is 30.0 Å². The first kappa shape index (κ1) is 20.0. The van der Waals surface area contributed by atoms with Crippen LogP contribution in [0.25, 0.3) is 11.1 Å². The van der Waals surface area contributed by atoms with Crippen molar-refractivity contribution in [3.63, 3.8) is 0 Å². The molecule has 140 valence electrons. The molecule has 0 N–H and O–H groups in total. The molecule has 1 aromatic heterocycles. The number of fused-ring (bicyclic) bond motifs is 1. The summed E-state index contributed by atoms with van der Waals surface area (Å²) >= 11 is 0. The van der Waals surface area contributed by atoms with Crippen molar-refractivity contribution in [1.29, 1.82) is 0 Å². The number of rotatable bonds is 4. The van der Waals surface area contributed by atoms with Crippen molar-refractivity contribution in [2.75, 3.05) is 13.6 Å². The molecule has 0 aliphatic heterocycles. The van der Waals surface area contributed by atoms with Gasteiger partial charge in [-0.25, -0.2) is 4.98 Å². The van der Waals surface area contributed by atoms with Crippen LogP contribution < -0.4 is 0 Å². The van der Waals surface area contributed by atoms with Gasteiger partial charge in [0.2, 0.25) is 5.91 Å². The summed E-state index contributed by atoms with van der Waals surface area (Å²) in [5.74, 6) is 2.00. The summed E-state index contributed by atoms with van der Waals surface area (Å²) in [5, 5.41) is 0. The SMILES string of the molecule is CC(C)C(=O)N(C)CC1C=CC=CC1.CC(C)c1nc2ccccc2o1. The molecular formula is C22H30N2O2. The normalized spacial score (nSPS) is 16.0. The molecule has 2 aromatic rings. The van der Waals surface area contributed by atoms with Crippen LogP contribution >= 0.6 is 0 Å². The van der Waals surface area contributed by atoms with Gasteiger partial charge in [-0.2, -0.15) is 0 Å². The van der Waals surface area contributed by atoms with Gasteiger partial charge in [0, 0.05) is 25.4 Å². The molecule has 4 heteroatoms. The second kappa shape index (κ2) is 9.37. The summed E-state index contributed by atoms with van der Waals surface area (Å²) in [6.45, 7) is 8.86. The van der Waals surface area contributed by atoms with Crippen molar-refractivity contribution in [2.24, 2.45) is 11.8 Å². The number of para-hydroxylation sites is 2. The number of oxazole rings is 1. The molecule has 1 amide bonds. The van der Waals surface area contributed by atoms with Crippen LogP contribution in [0.3, 0.4) is 0 Å². The van der Waals surface area contributed by atoms with Crippen molar-refractivity contribution >= 4 is 17.0 Å². The van der Waals surface area contributed by atoms with Gasteiger partial charge in [-0.05, 0) is 24.5 Å². The Morgan fingerprint density at radius 2 is 1.96 bits per heavy atom. The third-order valence-electron chi connectivity index (χ3n) is 4.25. The van der Waals surface area contributed by atoms with E-state index in [1.165, 1.54) is 0 Å². The molecule has 0 spiro atoms. The zero-order valence-corrected chi connectivity index (χ0v) is 16.5. The molecule has 0 saturated heterocycles. The highest BCUT2D eigenvalue weighted by molar-refractivity contribution is 5.77. The lowest BCUT2D eigenvalue weighted by Crippen LogP contribution is -2.34. The minimum atomic E-state index is 0.100. The van der Waals surface area contributed by atoms with Gasteiger partial charge >= 0.3 is 0 Å². The molecule has 1 aliphatic carbocycles. The first-order valence-electron chi connectivity index (χ1n) is 9.32. The zero-order valence-electron chi connectivity index (χ0n) is 16.5. The molecule has 1 aliphatic rings. The first-order valence-corrected chi connectivity index (χ1v) is 9.32. The van der Waals surface area contributed by atoms with Gasteiger partial charge in [-0.1, -0.05) is 64.1 Å². The van der Waals surface area contributed by atoms with E-state index in [2.05, 4.69) is 43.1 Å². The number of hydrogen-bond acceptors (Lipinski definition) is 3. The van der Waals surface area contributed by atoms with Gasteiger partial charge in [-0.3, -0.25) is 4.79 Å². The van der Waals surface area contributed by atoms with E-state index in [1.54, 1.807) is 0 Å². The van der Waals surface area contributed by atoms with Crippen molar-refractivity contribution in [3.8, 4) is 0 Å². The monoisotopic (exact) mass is 354 g/mol. The number of benzene rings is 1. The van der Waals surface area contributed by atoms with E-state index in [4.69, 9.17) is 4.42 Å². The second-order valence-corrected chi connectivity index (χ2v) is 7.36. The summed E-state index contributed by atoms with van der Waals surface area (Å²) < 4.78 is 5.52. The molecule has 4 nitrogen and oxygen atoms in total. The quantitative estimate of drug-likeness (QED) is 0.759. The maximum Gasteiger partial charge on any atom is 0.224 e. The summed E-state index contributed by atoms with van der Waals surface area (Å²) in [6, 6.07) is 7.82. The Morgan fingerprint density at radius 1 is 1.23 bits per heavy atom. The van der Waals surface area contributed by atoms with Crippen molar-refractivity contribution in [1.82, 2.24) is 9.88 Å². The molecular weight excluding hydrogens is 324 g/mol. The van der Waals surface area contributed by atoms with Gasteiger partial charge in [0.1, 0.15) is 5.52 Å². The summed E-state index contributed by atoms with van der Waals surface area (Å²) in [6.07, 6.45) is 9.48. The van der Waals surface area contributed by atoms with E-state index >= 15 is 0 Å². The Labute approximate surface area is 156 Å². The molecule has 0 bridgehead atoms. The molecule has 1 heterocycles. The van der Waals surface area contributed by atoms with Gasteiger partial charge in [0.25, 0.3) is 0 Å². The maximum absolute atomic E-state index is 11.6. The Balaban J connectivity index is 0.000000189. The summed E-state index contributed by atoms with van der Waals surface area (Å²) in [4.78, 5) is 17.8. The highest BCUT2D eigenvalue weighted by atomic mass is 16.3. The molecule has 1 aromatic carbocycles. The van der Waals surface area contributed by atoms with E-state index < -0.39 is 0 Å². The van der Waals surface area contributed by atoms with Crippen LogP contribution in [0.4, 0.5) is 0 Å². The van der Waals surface area contributed by atoms with Gasteiger partial charge in [-0.15, -0.1) is 0 Å². The fraction of sp³-hybridized carbons (Fsp3) is 0.455. The predicted molar refractivity (Wildman–Crippen MR) is 107 cm³/mol. The zero-order chi connectivity index (χ0) is 19.1. The third-order valence-corrected chi connectivity index (χ3v) is 4.25. The van der Waals surface area contributed by atoms with Crippen molar-refractivity contribution in [3.05, 3.63) is 54.5 Å². The van der Waals surface area contributed by atoms with Crippen molar-refractivity contribution < 1.29 is 9.21 Å². The average molecular weight is 354 g/mol. The number of allylic oxidation sites excluding steroid dienone is 3. The van der Waals surface area contributed by atoms with Crippen LogP contribution in [0.15, 0.2) is 53.0 Å². The van der Waals surface area contributed by atoms with Crippen LogP contribution in [0.1, 0.15) is 45.9 Å². The maximum atomic E-state index is 11.6. The second-order valence-electron chi connectivity index (χ2n) is 7.36. The highest BCUT2D eigenvalue weighted by Crippen LogP contribution is 2.20. The minimum Gasteiger partial charge on any atom is -0.440 e. The van der Waals surface area contributed by atoms with Crippen LogP contribution in [0, 0.1) is 11.8 Å². The fourth-order valence-corrected chi connectivity index (χ4v) is 2.79. The minimum absolute atomic E-state index is 0.100. The molecule has 0 fully saturated rings. The van der Waals surface area contributed by atoms with E-state index in [0.29, 0.717) is 11.8 Å².